The molecule has 1 aromatic rings. The topological polar surface area (TPSA) is 63.6 Å². The van der Waals surface area contributed by atoms with Gasteiger partial charge >= 0.3 is 5.97 Å². The molecule has 98 valence electrons. The first-order chi connectivity index (χ1) is 8.47. The van der Waals surface area contributed by atoms with Crippen LogP contribution in [0, 0.1) is 5.92 Å². The van der Waals surface area contributed by atoms with Crippen molar-refractivity contribution in [3.05, 3.63) is 34.9 Å². The second-order valence-electron chi connectivity index (χ2n) is 3.86. The molecule has 1 rings (SSSR count). The molecule has 0 bridgehead atoms. The summed E-state index contributed by atoms with van der Waals surface area (Å²) in [4.78, 5) is 23.3. The molecule has 1 aromatic carbocycles. The Balaban J connectivity index is 2.77. The van der Waals surface area contributed by atoms with Crippen LogP contribution >= 0.6 is 11.6 Å². The van der Waals surface area contributed by atoms with Crippen LogP contribution in [0.5, 0.6) is 0 Å². The van der Waals surface area contributed by atoms with Gasteiger partial charge in [-0.3, -0.25) is 4.79 Å². The number of aliphatic hydroxyl groups excluding tert-OH is 1. The highest BCUT2D eigenvalue weighted by molar-refractivity contribution is 6.30. The van der Waals surface area contributed by atoms with E-state index in [0.29, 0.717) is 10.6 Å². The highest BCUT2D eigenvalue weighted by Crippen LogP contribution is 2.16. The minimum Gasteiger partial charge on any atom is -0.464 e. The molecule has 0 aromatic heterocycles. The van der Waals surface area contributed by atoms with E-state index in [1.54, 1.807) is 31.2 Å². The van der Waals surface area contributed by atoms with Gasteiger partial charge < -0.3 is 9.84 Å². The maximum absolute atomic E-state index is 12.0. The van der Waals surface area contributed by atoms with Crippen LogP contribution in [0.15, 0.2) is 24.3 Å². The summed E-state index contributed by atoms with van der Waals surface area (Å²) in [5.41, 5.74) is 0.398. The molecule has 0 aliphatic carbocycles. The summed E-state index contributed by atoms with van der Waals surface area (Å²) in [6.07, 6.45) is -1.45. The van der Waals surface area contributed by atoms with Crippen LogP contribution in [-0.4, -0.2) is 29.6 Å². The lowest BCUT2D eigenvalue weighted by Crippen LogP contribution is -2.34. The molecule has 0 radical (unpaired) electrons. The number of ether oxygens (including phenoxy) is 1. The fourth-order valence-electron chi connectivity index (χ4n) is 1.45. The van der Waals surface area contributed by atoms with E-state index < -0.39 is 18.0 Å². The number of ketones is 1. The van der Waals surface area contributed by atoms with Crippen molar-refractivity contribution in [1.82, 2.24) is 0 Å². The first-order valence-electron chi connectivity index (χ1n) is 5.61. The number of halogens is 1. The van der Waals surface area contributed by atoms with E-state index in [1.165, 1.54) is 6.92 Å². The average molecular weight is 271 g/mol. The van der Waals surface area contributed by atoms with Crippen LogP contribution in [0.25, 0.3) is 0 Å². The fourth-order valence-corrected chi connectivity index (χ4v) is 1.58. The predicted octanol–water partition coefficient (Wildman–Crippen LogP) is 2.08. The van der Waals surface area contributed by atoms with Gasteiger partial charge in [-0.1, -0.05) is 18.5 Å². The summed E-state index contributed by atoms with van der Waals surface area (Å²) in [5.74, 6) is -1.97. The second kappa shape index (κ2) is 6.52. The number of Topliss-reactive ketones (excluding diaryl/α,β-unsaturated/α-hetero) is 1. The molecule has 0 fully saturated rings. The molecule has 4 nitrogen and oxygen atoms in total. The summed E-state index contributed by atoms with van der Waals surface area (Å²) in [5, 5.41) is 10.2. The van der Waals surface area contributed by atoms with Crippen LogP contribution in [0.4, 0.5) is 0 Å². The Morgan fingerprint density at radius 2 is 1.89 bits per heavy atom. The molecule has 18 heavy (non-hydrogen) atoms. The van der Waals surface area contributed by atoms with Crippen molar-refractivity contribution in [2.75, 3.05) is 6.61 Å². The molecule has 5 heteroatoms. The highest BCUT2D eigenvalue weighted by Gasteiger charge is 2.29. The minimum absolute atomic E-state index is 0.164. The van der Waals surface area contributed by atoms with Gasteiger partial charge in [-0.25, -0.2) is 4.79 Å². The molecule has 0 unspecified atom stereocenters. The number of hydrogen-bond acceptors (Lipinski definition) is 4. The van der Waals surface area contributed by atoms with E-state index in [0.717, 1.165) is 0 Å². The van der Waals surface area contributed by atoms with Crippen LogP contribution < -0.4 is 0 Å². The van der Waals surface area contributed by atoms with Crippen molar-refractivity contribution < 1.29 is 19.4 Å². The monoisotopic (exact) mass is 270 g/mol. The number of aliphatic hydroxyl groups is 1. The third-order valence-electron chi connectivity index (χ3n) is 2.54. The van der Waals surface area contributed by atoms with Crippen molar-refractivity contribution in [1.29, 1.82) is 0 Å². The van der Waals surface area contributed by atoms with Gasteiger partial charge in [0.25, 0.3) is 0 Å². The number of carbonyl (C=O) groups is 2. The molecule has 0 saturated heterocycles. The van der Waals surface area contributed by atoms with Crippen LogP contribution in [0.1, 0.15) is 24.2 Å². The van der Waals surface area contributed by atoms with E-state index in [1.807, 2.05) is 0 Å². The number of benzene rings is 1. The largest absolute Gasteiger partial charge is 0.464 e. The zero-order valence-electron chi connectivity index (χ0n) is 10.2. The summed E-state index contributed by atoms with van der Waals surface area (Å²) in [7, 11) is 0. The summed E-state index contributed by atoms with van der Waals surface area (Å²) < 4.78 is 4.67. The van der Waals surface area contributed by atoms with Gasteiger partial charge in [0.1, 0.15) is 0 Å². The number of rotatable bonds is 5. The van der Waals surface area contributed by atoms with E-state index in [-0.39, 0.29) is 12.4 Å². The molecule has 0 aliphatic rings. The Kier molecular flexibility index (Phi) is 5.31. The standard InChI is InChI=1S/C13H15ClO4/c1-3-18-13(17)12(16)8(2)11(15)9-4-6-10(14)7-5-9/h4-8,12,16H,3H2,1-2H3/t8-,12+/m1/s1. The van der Waals surface area contributed by atoms with Crippen LogP contribution in [0.3, 0.4) is 0 Å². The second-order valence-corrected chi connectivity index (χ2v) is 4.29. The Morgan fingerprint density at radius 1 is 1.33 bits per heavy atom. The van der Waals surface area contributed by atoms with Crippen molar-refractivity contribution in [3.63, 3.8) is 0 Å². The van der Waals surface area contributed by atoms with Crippen LogP contribution in [0.2, 0.25) is 5.02 Å². The predicted molar refractivity (Wildman–Crippen MR) is 67.6 cm³/mol. The normalized spacial score (nSPS) is 13.8. The van der Waals surface area contributed by atoms with Crippen molar-refractivity contribution in [2.45, 2.75) is 20.0 Å². The van der Waals surface area contributed by atoms with Gasteiger partial charge in [0.05, 0.1) is 12.5 Å². The van der Waals surface area contributed by atoms with Gasteiger partial charge in [-0.05, 0) is 31.2 Å². The van der Waals surface area contributed by atoms with E-state index >= 15 is 0 Å². The molecule has 1 N–H and O–H groups in total. The summed E-state index contributed by atoms with van der Waals surface area (Å²) >= 11 is 5.72. The Morgan fingerprint density at radius 3 is 2.39 bits per heavy atom. The van der Waals surface area contributed by atoms with E-state index in [4.69, 9.17) is 11.6 Å². The molecule has 0 saturated carbocycles. The number of hydrogen-bond donors (Lipinski definition) is 1. The zero-order chi connectivity index (χ0) is 13.7. The Bertz CT molecular complexity index is 427. The number of carbonyl (C=O) groups excluding carboxylic acids is 2. The Hall–Kier alpha value is -1.39. The quantitative estimate of drug-likeness (QED) is 0.657. The summed E-state index contributed by atoms with van der Waals surface area (Å²) in [6, 6.07) is 6.27. The molecular weight excluding hydrogens is 256 g/mol. The minimum atomic E-state index is -1.45. The van der Waals surface area contributed by atoms with Gasteiger partial charge in [0.15, 0.2) is 11.9 Å². The van der Waals surface area contributed by atoms with Crippen LogP contribution in [-0.2, 0) is 9.53 Å². The van der Waals surface area contributed by atoms with Gasteiger partial charge in [-0.2, -0.15) is 0 Å². The van der Waals surface area contributed by atoms with E-state index in [2.05, 4.69) is 4.74 Å². The fraction of sp³-hybridized carbons (Fsp3) is 0.385. The highest BCUT2D eigenvalue weighted by atomic mass is 35.5. The lowest BCUT2D eigenvalue weighted by molar-refractivity contribution is -0.154. The lowest BCUT2D eigenvalue weighted by Gasteiger charge is -2.16. The average Bonchev–Trinajstić information content (AvgIpc) is 2.37. The maximum Gasteiger partial charge on any atom is 0.335 e. The SMILES string of the molecule is CCOC(=O)[C@@H](O)[C@H](C)C(=O)c1ccc(Cl)cc1. The molecule has 0 aliphatic heterocycles. The van der Waals surface area contributed by atoms with Gasteiger partial charge in [0, 0.05) is 10.6 Å². The van der Waals surface area contributed by atoms with Crippen molar-refractivity contribution in [2.24, 2.45) is 5.92 Å². The first kappa shape index (κ1) is 14.7. The molecule has 0 amide bonds. The third-order valence-corrected chi connectivity index (χ3v) is 2.80. The van der Waals surface area contributed by atoms with Gasteiger partial charge in [0.2, 0.25) is 0 Å². The number of esters is 1. The molecule has 0 heterocycles. The molecule has 0 spiro atoms. The van der Waals surface area contributed by atoms with E-state index in [9.17, 15) is 14.7 Å². The zero-order valence-corrected chi connectivity index (χ0v) is 11.0. The Labute approximate surface area is 111 Å². The van der Waals surface area contributed by atoms with Crippen molar-refractivity contribution >= 4 is 23.4 Å². The molecular formula is C13H15ClO4. The van der Waals surface area contributed by atoms with Crippen molar-refractivity contribution in [3.8, 4) is 0 Å². The first-order valence-corrected chi connectivity index (χ1v) is 5.99. The lowest BCUT2D eigenvalue weighted by atomic mass is 9.94. The molecule has 2 atom stereocenters. The summed E-state index contributed by atoms with van der Waals surface area (Å²) in [6.45, 7) is 3.28. The maximum atomic E-state index is 12.0. The van der Waals surface area contributed by atoms with Gasteiger partial charge in [-0.15, -0.1) is 0 Å². The smallest absolute Gasteiger partial charge is 0.335 e. The third kappa shape index (κ3) is 3.55.